The molecular weight excluding hydrogens is 190 g/mol. The lowest BCUT2D eigenvalue weighted by molar-refractivity contribution is 0.0953. The van der Waals surface area contributed by atoms with Crippen LogP contribution in [0.1, 0.15) is 10.4 Å². The van der Waals surface area contributed by atoms with Gasteiger partial charge in [0.2, 0.25) is 5.95 Å². The normalized spacial score (nSPS) is 9.21. The zero-order valence-electron chi connectivity index (χ0n) is 7.05. The molecule has 0 unspecified atom stereocenters. The van der Waals surface area contributed by atoms with Gasteiger partial charge in [-0.05, 0) is 6.07 Å². The number of aromatic nitrogens is 1. The Morgan fingerprint density at radius 1 is 1.64 bits per heavy atom. The average Bonchev–Trinajstić information content (AvgIpc) is 2.18. The standard InChI is InChI=1S/C9H6F2N2O/c1-2-4-13-9(14)6-3-5-12-8(11)7(6)10/h1,3,5H,4H2,(H,13,14). The zero-order valence-corrected chi connectivity index (χ0v) is 7.05. The van der Waals surface area contributed by atoms with Gasteiger partial charge in [-0.25, -0.2) is 9.37 Å². The van der Waals surface area contributed by atoms with E-state index in [0.717, 1.165) is 12.3 Å². The first kappa shape index (κ1) is 10.1. The van der Waals surface area contributed by atoms with Crippen molar-refractivity contribution in [2.24, 2.45) is 0 Å². The molecule has 0 aliphatic rings. The highest BCUT2D eigenvalue weighted by Crippen LogP contribution is 2.08. The lowest BCUT2D eigenvalue weighted by Crippen LogP contribution is -2.25. The molecule has 1 N–H and O–H groups in total. The third-order valence-electron chi connectivity index (χ3n) is 1.44. The Morgan fingerprint density at radius 3 is 3.00 bits per heavy atom. The summed E-state index contributed by atoms with van der Waals surface area (Å²) in [7, 11) is 0. The molecule has 0 aliphatic heterocycles. The van der Waals surface area contributed by atoms with Gasteiger partial charge in [0.05, 0.1) is 12.1 Å². The third kappa shape index (κ3) is 2.04. The first-order valence-electron chi connectivity index (χ1n) is 3.68. The van der Waals surface area contributed by atoms with Crippen molar-refractivity contribution in [3.8, 4) is 12.3 Å². The summed E-state index contributed by atoms with van der Waals surface area (Å²) in [5, 5.41) is 2.21. The Bertz CT molecular complexity index is 398. The summed E-state index contributed by atoms with van der Waals surface area (Å²) >= 11 is 0. The van der Waals surface area contributed by atoms with Crippen LogP contribution in [0.4, 0.5) is 8.78 Å². The first-order chi connectivity index (χ1) is 6.66. The minimum absolute atomic E-state index is 0.0395. The van der Waals surface area contributed by atoms with E-state index in [4.69, 9.17) is 6.42 Å². The molecule has 1 aromatic heterocycles. The molecule has 0 radical (unpaired) electrons. The van der Waals surface area contributed by atoms with Gasteiger partial charge >= 0.3 is 0 Å². The molecule has 0 fully saturated rings. The monoisotopic (exact) mass is 196 g/mol. The molecule has 72 valence electrons. The van der Waals surface area contributed by atoms with E-state index in [-0.39, 0.29) is 6.54 Å². The maximum atomic E-state index is 12.9. The summed E-state index contributed by atoms with van der Waals surface area (Å²) < 4.78 is 25.5. The van der Waals surface area contributed by atoms with Gasteiger partial charge < -0.3 is 5.32 Å². The summed E-state index contributed by atoms with van der Waals surface area (Å²) in [5.74, 6) is -1.21. The second-order valence-electron chi connectivity index (χ2n) is 2.35. The van der Waals surface area contributed by atoms with Gasteiger partial charge in [-0.3, -0.25) is 4.79 Å². The Morgan fingerprint density at radius 2 is 2.36 bits per heavy atom. The predicted molar refractivity (Wildman–Crippen MR) is 45.3 cm³/mol. The van der Waals surface area contributed by atoms with E-state index in [9.17, 15) is 13.6 Å². The number of amides is 1. The zero-order chi connectivity index (χ0) is 10.6. The minimum Gasteiger partial charge on any atom is -0.341 e. The average molecular weight is 196 g/mol. The molecule has 0 saturated carbocycles. The van der Waals surface area contributed by atoms with Crippen LogP contribution < -0.4 is 5.32 Å². The van der Waals surface area contributed by atoms with E-state index in [0.29, 0.717) is 0 Å². The molecule has 0 spiro atoms. The molecule has 0 atom stereocenters. The van der Waals surface area contributed by atoms with Crippen molar-refractivity contribution in [3.05, 3.63) is 29.6 Å². The largest absolute Gasteiger partial charge is 0.341 e. The van der Waals surface area contributed by atoms with Crippen LogP contribution in [0.25, 0.3) is 0 Å². The van der Waals surface area contributed by atoms with Crippen LogP contribution in [0.3, 0.4) is 0 Å². The second kappa shape index (κ2) is 4.33. The number of rotatable bonds is 2. The minimum atomic E-state index is -1.31. The van der Waals surface area contributed by atoms with E-state index >= 15 is 0 Å². The predicted octanol–water partition coefficient (Wildman–Crippen LogP) is 0.723. The fourth-order valence-corrected chi connectivity index (χ4v) is 0.820. The summed E-state index contributed by atoms with van der Waals surface area (Å²) in [6.45, 7) is -0.0395. The van der Waals surface area contributed by atoms with E-state index in [2.05, 4.69) is 16.2 Å². The third-order valence-corrected chi connectivity index (χ3v) is 1.44. The highest BCUT2D eigenvalue weighted by Gasteiger charge is 2.14. The maximum absolute atomic E-state index is 12.9. The van der Waals surface area contributed by atoms with Gasteiger partial charge in [0, 0.05) is 6.20 Å². The van der Waals surface area contributed by atoms with Crippen molar-refractivity contribution in [3.63, 3.8) is 0 Å². The number of pyridine rings is 1. The number of hydrogen-bond acceptors (Lipinski definition) is 2. The highest BCUT2D eigenvalue weighted by molar-refractivity contribution is 5.94. The summed E-state index contributed by atoms with van der Waals surface area (Å²) in [5.41, 5.74) is -0.409. The van der Waals surface area contributed by atoms with Crippen LogP contribution in [0.5, 0.6) is 0 Å². The number of nitrogens with one attached hydrogen (secondary N) is 1. The maximum Gasteiger partial charge on any atom is 0.255 e. The van der Waals surface area contributed by atoms with Crippen LogP contribution in [0.15, 0.2) is 12.3 Å². The molecule has 1 aromatic rings. The Hall–Kier alpha value is -1.96. The molecule has 1 rings (SSSR count). The smallest absolute Gasteiger partial charge is 0.255 e. The fourth-order valence-electron chi connectivity index (χ4n) is 0.820. The fraction of sp³-hybridized carbons (Fsp3) is 0.111. The molecule has 1 amide bonds. The van der Waals surface area contributed by atoms with Crippen LogP contribution in [0, 0.1) is 24.1 Å². The Labute approximate surface area is 79.2 Å². The molecule has 1 heterocycles. The summed E-state index contributed by atoms with van der Waals surface area (Å²) in [6, 6.07) is 1.07. The van der Waals surface area contributed by atoms with E-state index in [1.165, 1.54) is 0 Å². The topological polar surface area (TPSA) is 42.0 Å². The van der Waals surface area contributed by atoms with Crippen molar-refractivity contribution in [1.82, 2.24) is 10.3 Å². The van der Waals surface area contributed by atoms with Crippen molar-refractivity contribution in [1.29, 1.82) is 0 Å². The number of nitrogens with zero attached hydrogens (tertiary/aromatic N) is 1. The van der Waals surface area contributed by atoms with Crippen molar-refractivity contribution >= 4 is 5.91 Å². The van der Waals surface area contributed by atoms with E-state index in [1.807, 2.05) is 0 Å². The number of terminal acetylenes is 1. The number of hydrogen-bond donors (Lipinski definition) is 1. The van der Waals surface area contributed by atoms with E-state index < -0.39 is 23.2 Å². The van der Waals surface area contributed by atoms with Crippen molar-refractivity contribution in [2.75, 3.05) is 6.54 Å². The van der Waals surface area contributed by atoms with Crippen LogP contribution >= 0.6 is 0 Å². The summed E-state index contributed by atoms with van der Waals surface area (Å²) in [6.07, 6.45) is 5.88. The first-order valence-corrected chi connectivity index (χ1v) is 3.68. The molecule has 14 heavy (non-hydrogen) atoms. The number of carbonyl (C=O) groups excluding carboxylic acids is 1. The van der Waals surface area contributed by atoms with Gasteiger partial charge in [-0.15, -0.1) is 6.42 Å². The van der Waals surface area contributed by atoms with Crippen molar-refractivity contribution in [2.45, 2.75) is 0 Å². The highest BCUT2D eigenvalue weighted by atomic mass is 19.2. The second-order valence-corrected chi connectivity index (χ2v) is 2.35. The lowest BCUT2D eigenvalue weighted by atomic mass is 10.2. The van der Waals surface area contributed by atoms with Gasteiger partial charge in [0.25, 0.3) is 5.91 Å². The quantitative estimate of drug-likeness (QED) is 0.559. The lowest BCUT2D eigenvalue weighted by Gasteiger charge is -2.02. The van der Waals surface area contributed by atoms with Gasteiger partial charge in [0.1, 0.15) is 0 Å². The Kier molecular flexibility index (Phi) is 3.13. The summed E-state index contributed by atoms with van der Waals surface area (Å²) in [4.78, 5) is 14.2. The number of halogens is 2. The van der Waals surface area contributed by atoms with Gasteiger partial charge in [0.15, 0.2) is 5.82 Å². The molecule has 0 aromatic carbocycles. The molecule has 0 saturated heterocycles. The van der Waals surface area contributed by atoms with Crippen molar-refractivity contribution < 1.29 is 13.6 Å². The van der Waals surface area contributed by atoms with Crippen LogP contribution in [0.2, 0.25) is 0 Å². The molecule has 0 bridgehead atoms. The van der Waals surface area contributed by atoms with Crippen LogP contribution in [-0.2, 0) is 0 Å². The van der Waals surface area contributed by atoms with Gasteiger partial charge in [-0.2, -0.15) is 4.39 Å². The van der Waals surface area contributed by atoms with Gasteiger partial charge in [-0.1, -0.05) is 5.92 Å². The molecule has 3 nitrogen and oxygen atoms in total. The van der Waals surface area contributed by atoms with Crippen LogP contribution in [-0.4, -0.2) is 17.4 Å². The molecular formula is C9H6F2N2O. The molecule has 0 aliphatic carbocycles. The van der Waals surface area contributed by atoms with E-state index in [1.54, 1.807) is 0 Å². The Balaban J connectivity index is 2.91. The number of carbonyl (C=O) groups is 1. The molecule has 5 heteroatoms. The SMILES string of the molecule is C#CCNC(=O)c1ccnc(F)c1F.